The number of amides is 1. The Morgan fingerprint density at radius 2 is 1.88 bits per heavy atom. The minimum Gasteiger partial charge on any atom is -0.368 e. The third-order valence-corrected chi connectivity index (χ3v) is 4.52. The molecule has 0 atom stereocenters. The van der Waals surface area contributed by atoms with E-state index in [9.17, 15) is 4.79 Å². The van der Waals surface area contributed by atoms with Crippen LogP contribution in [0.5, 0.6) is 0 Å². The molecule has 2 aromatic heterocycles. The van der Waals surface area contributed by atoms with E-state index in [0.717, 1.165) is 31.8 Å². The molecule has 0 spiro atoms. The lowest BCUT2D eigenvalue weighted by atomic mass is 10.2. The minimum absolute atomic E-state index is 0.0163. The van der Waals surface area contributed by atoms with Gasteiger partial charge in [-0.3, -0.25) is 4.79 Å². The van der Waals surface area contributed by atoms with Crippen molar-refractivity contribution in [1.82, 2.24) is 14.3 Å². The van der Waals surface area contributed by atoms with E-state index in [1.165, 1.54) is 11.3 Å². The van der Waals surface area contributed by atoms with Gasteiger partial charge < -0.3 is 14.2 Å². The summed E-state index contributed by atoms with van der Waals surface area (Å²) >= 11 is 0. The van der Waals surface area contributed by atoms with E-state index in [2.05, 4.69) is 41.1 Å². The monoisotopic (exact) mass is 320 g/mol. The third kappa shape index (κ3) is 2.73. The Bertz CT molecular complexity index is 845. The van der Waals surface area contributed by atoms with E-state index >= 15 is 0 Å². The molecule has 0 radical (unpaired) electrons. The van der Waals surface area contributed by atoms with Gasteiger partial charge in [0.1, 0.15) is 11.3 Å². The Kier molecular flexibility index (Phi) is 3.69. The second kappa shape index (κ2) is 6.00. The largest absolute Gasteiger partial charge is 0.368 e. The van der Waals surface area contributed by atoms with Crippen molar-refractivity contribution in [3.05, 3.63) is 66.1 Å². The summed E-state index contributed by atoms with van der Waals surface area (Å²) in [5.74, 6) is 0.0163. The number of anilines is 1. The number of hydrogen-bond acceptors (Lipinski definition) is 3. The number of hydrogen-bond donors (Lipinski definition) is 0. The molecule has 3 heterocycles. The lowest BCUT2D eigenvalue weighted by molar-refractivity contribution is 0.0741. The Morgan fingerprint density at radius 3 is 2.62 bits per heavy atom. The average Bonchev–Trinajstić information content (AvgIpc) is 3.05. The lowest BCUT2D eigenvalue weighted by Crippen LogP contribution is -2.48. The molecular weight excluding hydrogens is 300 g/mol. The summed E-state index contributed by atoms with van der Waals surface area (Å²) in [6.45, 7) is 5.25. The van der Waals surface area contributed by atoms with Crippen molar-refractivity contribution in [2.24, 2.45) is 0 Å². The number of rotatable bonds is 2. The Morgan fingerprint density at radius 1 is 1.04 bits per heavy atom. The van der Waals surface area contributed by atoms with Gasteiger partial charge in [-0.2, -0.15) is 0 Å². The first-order valence-electron chi connectivity index (χ1n) is 8.25. The quantitative estimate of drug-likeness (QED) is 0.729. The van der Waals surface area contributed by atoms with Crippen LogP contribution in [0.3, 0.4) is 0 Å². The summed E-state index contributed by atoms with van der Waals surface area (Å²) in [7, 11) is 0. The second-order valence-corrected chi connectivity index (χ2v) is 6.21. The molecule has 4 rings (SSSR count). The van der Waals surface area contributed by atoms with Crippen LogP contribution in [0.25, 0.3) is 5.65 Å². The molecule has 1 saturated heterocycles. The number of pyridine rings is 1. The highest BCUT2D eigenvalue weighted by Crippen LogP contribution is 2.18. The fraction of sp³-hybridized carbons (Fsp3) is 0.263. The summed E-state index contributed by atoms with van der Waals surface area (Å²) in [6, 6.07) is 14.3. The van der Waals surface area contributed by atoms with Gasteiger partial charge in [0, 0.05) is 44.3 Å². The summed E-state index contributed by atoms with van der Waals surface area (Å²) in [5, 5.41) is 0. The van der Waals surface area contributed by atoms with Gasteiger partial charge in [-0.15, -0.1) is 0 Å². The maximum absolute atomic E-state index is 12.7. The highest BCUT2D eigenvalue weighted by Gasteiger charge is 2.24. The number of carbonyl (C=O) groups is 1. The standard InChI is InChI=1S/C19H20N4O/c1-15-5-4-6-16(13-15)21-9-11-22(12-10-21)19(24)17-14-23-8-3-2-7-18(23)20-17/h2-8,13-14H,9-12H2,1H3. The minimum atomic E-state index is 0.0163. The fourth-order valence-corrected chi connectivity index (χ4v) is 3.19. The molecule has 5 heteroatoms. The summed E-state index contributed by atoms with van der Waals surface area (Å²) < 4.78 is 1.89. The van der Waals surface area contributed by atoms with E-state index in [1.54, 1.807) is 0 Å². The molecule has 0 aliphatic carbocycles. The van der Waals surface area contributed by atoms with Gasteiger partial charge in [0.15, 0.2) is 0 Å². The molecule has 0 saturated carbocycles. The van der Waals surface area contributed by atoms with Crippen LogP contribution in [0.15, 0.2) is 54.9 Å². The van der Waals surface area contributed by atoms with Crippen LogP contribution in [0.2, 0.25) is 0 Å². The Hall–Kier alpha value is -2.82. The van der Waals surface area contributed by atoms with Crippen molar-refractivity contribution in [2.45, 2.75) is 6.92 Å². The summed E-state index contributed by atoms with van der Waals surface area (Å²) in [5.41, 5.74) is 3.81. The Balaban J connectivity index is 1.46. The normalized spacial score (nSPS) is 15.0. The molecule has 5 nitrogen and oxygen atoms in total. The van der Waals surface area contributed by atoms with Crippen LogP contribution in [0.4, 0.5) is 5.69 Å². The van der Waals surface area contributed by atoms with Crippen molar-refractivity contribution < 1.29 is 4.79 Å². The van der Waals surface area contributed by atoms with Gasteiger partial charge in [0.25, 0.3) is 5.91 Å². The molecule has 1 aromatic carbocycles. The van der Waals surface area contributed by atoms with E-state index < -0.39 is 0 Å². The molecule has 1 aliphatic heterocycles. The summed E-state index contributed by atoms with van der Waals surface area (Å²) in [6.07, 6.45) is 3.72. The SMILES string of the molecule is Cc1cccc(N2CCN(C(=O)c3cn4ccccc4n3)CC2)c1. The second-order valence-electron chi connectivity index (χ2n) is 6.21. The number of imidazole rings is 1. The molecule has 0 unspecified atom stereocenters. The van der Waals surface area contributed by atoms with Gasteiger partial charge in [-0.1, -0.05) is 18.2 Å². The first-order chi connectivity index (χ1) is 11.7. The highest BCUT2D eigenvalue weighted by atomic mass is 16.2. The number of carbonyl (C=O) groups excluding carboxylic acids is 1. The number of piperazine rings is 1. The average molecular weight is 320 g/mol. The van der Waals surface area contributed by atoms with Crippen molar-refractivity contribution in [3.8, 4) is 0 Å². The molecule has 122 valence electrons. The molecule has 24 heavy (non-hydrogen) atoms. The van der Waals surface area contributed by atoms with Crippen molar-refractivity contribution in [2.75, 3.05) is 31.1 Å². The molecule has 0 N–H and O–H groups in total. The zero-order valence-corrected chi connectivity index (χ0v) is 13.7. The first kappa shape index (κ1) is 14.8. The van der Waals surface area contributed by atoms with E-state index in [4.69, 9.17) is 0 Å². The van der Waals surface area contributed by atoms with Gasteiger partial charge in [-0.25, -0.2) is 4.98 Å². The fourth-order valence-electron chi connectivity index (χ4n) is 3.19. The topological polar surface area (TPSA) is 40.9 Å². The zero-order valence-electron chi connectivity index (χ0n) is 13.7. The Labute approximate surface area is 141 Å². The van der Waals surface area contributed by atoms with Crippen LogP contribution in [0, 0.1) is 6.92 Å². The number of benzene rings is 1. The first-order valence-corrected chi connectivity index (χ1v) is 8.25. The number of fused-ring (bicyclic) bond motifs is 1. The number of aromatic nitrogens is 2. The van der Waals surface area contributed by atoms with Crippen LogP contribution in [-0.2, 0) is 0 Å². The van der Waals surface area contributed by atoms with Crippen LogP contribution in [-0.4, -0.2) is 46.4 Å². The van der Waals surface area contributed by atoms with Crippen molar-refractivity contribution in [3.63, 3.8) is 0 Å². The maximum Gasteiger partial charge on any atom is 0.274 e. The van der Waals surface area contributed by atoms with Crippen molar-refractivity contribution >= 4 is 17.2 Å². The van der Waals surface area contributed by atoms with E-state index in [-0.39, 0.29) is 5.91 Å². The van der Waals surface area contributed by atoms with E-state index in [1.807, 2.05) is 39.9 Å². The lowest BCUT2D eigenvalue weighted by Gasteiger charge is -2.36. The van der Waals surface area contributed by atoms with Gasteiger partial charge in [-0.05, 0) is 36.8 Å². The van der Waals surface area contributed by atoms with Crippen molar-refractivity contribution in [1.29, 1.82) is 0 Å². The van der Waals surface area contributed by atoms with Crippen LogP contribution in [0.1, 0.15) is 16.1 Å². The smallest absolute Gasteiger partial charge is 0.274 e. The molecular formula is C19H20N4O. The molecule has 1 aliphatic rings. The number of aryl methyl sites for hydroxylation is 1. The predicted octanol–water partition coefficient (Wildman–Crippen LogP) is 2.61. The number of nitrogens with zero attached hydrogens (tertiary/aromatic N) is 4. The summed E-state index contributed by atoms with van der Waals surface area (Å²) in [4.78, 5) is 21.4. The molecule has 0 bridgehead atoms. The van der Waals surface area contributed by atoms with Crippen LogP contribution < -0.4 is 4.90 Å². The predicted molar refractivity (Wildman–Crippen MR) is 94.5 cm³/mol. The van der Waals surface area contributed by atoms with Gasteiger partial charge in [0.2, 0.25) is 0 Å². The zero-order chi connectivity index (χ0) is 16.5. The third-order valence-electron chi connectivity index (χ3n) is 4.52. The molecule has 3 aromatic rings. The molecule has 1 fully saturated rings. The maximum atomic E-state index is 12.7. The highest BCUT2D eigenvalue weighted by molar-refractivity contribution is 5.93. The van der Waals surface area contributed by atoms with Gasteiger partial charge >= 0.3 is 0 Å². The van der Waals surface area contributed by atoms with Gasteiger partial charge in [0.05, 0.1) is 0 Å². The van der Waals surface area contributed by atoms with E-state index in [0.29, 0.717) is 5.69 Å². The molecule has 1 amide bonds. The van der Waals surface area contributed by atoms with Crippen LogP contribution >= 0.6 is 0 Å².